The molecule has 2 heterocycles. The van der Waals surface area contributed by atoms with Gasteiger partial charge in [-0.05, 0) is 32.1 Å². The monoisotopic (exact) mass is 430 g/mol. The maximum absolute atomic E-state index is 10.7. The van der Waals surface area contributed by atoms with Crippen LogP contribution in [-0.4, -0.2) is 87.5 Å². The fourth-order valence-corrected chi connectivity index (χ4v) is 3.12. The summed E-state index contributed by atoms with van der Waals surface area (Å²) < 4.78 is 5.49. The molecule has 13 nitrogen and oxygen atoms in total. The van der Waals surface area contributed by atoms with E-state index in [1.54, 1.807) is 0 Å². The minimum atomic E-state index is -1.38. The predicted molar refractivity (Wildman–Crippen MR) is 106 cm³/mol. The number of amidine groups is 1. The first-order valence-corrected chi connectivity index (χ1v) is 9.80. The van der Waals surface area contributed by atoms with Gasteiger partial charge in [-0.2, -0.15) is 0 Å². The lowest BCUT2D eigenvalue weighted by molar-refractivity contribution is -0.142. The van der Waals surface area contributed by atoms with E-state index < -0.39 is 42.1 Å². The molecule has 5 atom stereocenters. The first-order chi connectivity index (χ1) is 14.1. The number of carbonyl (C=O) groups is 2. The minimum absolute atomic E-state index is 0.0484. The maximum Gasteiger partial charge on any atom is 0.320 e. The molecule has 1 spiro atoms. The van der Waals surface area contributed by atoms with Crippen molar-refractivity contribution >= 4 is 23.7 Å². The lowest BCUT2D eigenvalue weighted by Crippen LogP contribution is -2.47. The van der Waals surface area contributed by atoms with Crippen molar-refractivity contribution in [3.05, 3.63) is 0 Å². The zero-order chi connectivity index (χ0) is 22.3. The fourth-order valence-electron chi connectivity index (χ4n) is 3.12. The Morgan fingerprint density at radius 1 is 1.07 bits per heavy atom. The van der Waals surface area contributed by atoms with Crippen LogP contribution in [0, 0.1) is 0 Å². The highest BCUT2D eigenvalue weighted by Crippen LogP contribution is 2.30. The Labute approximate surface area is 173 Å². The van der Waals surface area contributed by atoms with E-state index >= 15 is 0 Å². The number of unbranched alkanes of at least 4 members (excludes halogenated alkanes) is 1. The van der Waals surface area contributed by atoms with Crippen molar-refractivity contribution in [1.29, 1.82) is 0 Å². The number of guanidine groups is 1. The molecule has 170 valence electrons. The summed E-state index contributed by atoms with van der Waals surface area (Å²) in [6.45, 7) is 0.659. The van der Waals surface area contributed by atoms with E-state index in [4.69, 9.17) is 26.4 Å². The molecule has 2 saturated heterocycles. The number of hydrogen-bond donors (Lipinski definition) is 8. The maximum atomic E-state index is 10.7. The third-order valence-corrected chi connectivity index (χ3v) is 4.86. The summed E-state index contributed by atoms with van der Waals surface area (Å²) in [6, 6.07) is -1.86. The number of carboxylic acids is 2. The normalized spacial score (nSPS) is 30.4. The van der Waals surface area contributed by atoms with Crippen molar-refractivity contribution in [3.8, 4) is 0 Å². The van der Waals surface area contributed by atoms with Crippen LogP contribution in [0.3, 0.4) is 0 Å². The largest absolute Gasteiger partial charge is 0.480 e. The smallest absolute Gasteiger partial charge is 0.320 e. The van der Waals surface area contributed by atoms with Gasteiger partial charge in [0.1, 0.15) is 18.2 Å². The molecule has 0 aromatic heterocycles. The Morgan fingerprint density at radius 2 is 1.67 bits per heavy atom. The number of rotatable bonds is 11. The average molecular weight is 430 g/mol. The lowest BCUT2D eigenvalue weighted by atomic mass is 10.1. The third kappa shape index (κ3) is 6.34. The van der Waals surface area contributed by atoms with E-state index in [0.29, 0.717) is 50.6 Å². The van der Waals surface area contributed by atoms with E-state index in [1.165, 1.54) is 0 Å². The van der Waals surface area contributed by atoms with Crippen molar-refractivity contribution in [2.75, 3.05) is 13.1 Å². The zero-order valence-corrected chi connectivity index (χ0v) is 16.5. The first-order valence-electron chi connectivity index (χ1n) is 9.80. The molecular formula is C17H30N6O7. The van der Waals surface area contributed by atoms with Crippen LogP contribution in [0.25, 0.3) is 0 Å². The Kier molecular flexibility index (Phi) is 8.49. The molecule has 13 heteroatoms. The van der Waals surface area contributed by atoms with Gasteiger partial charge in [0.2, 0.25) is 5.72 Å². The van der Waals surface area contributed by atoms with Crippen LogP contribution in [-0.2, 0) is 14.3 Å². The van der Waals surface area contributed by atoms with Crippen molar-refractivity contribution in [3.63, 3.8) is 0 Å². The Hall–Kier alpha value is -2.32. The van der Waals surface area contributed by atoms with Crippen molar-refractivity contribution in [2.45, 2.75) is 68.7 Å². The minimum Gasteiger partial charge on any atom is -0.480 e. The molecule has 0 bridgehead atoms. The van der Waals surface area contributed by atoms with Crippen molar-refractivity contribution in [2.24, 2.45) is 21.5 Å². The zero-order valence-electron chi connectivity index (χ0n) is 16.5. The molecule has 2 rings (SSSR count). The van der Waals surface area contributed by atoms with Gasteiger partial charge in [-0.3, -0.25) is 19.6 Å². The second-order valence-corrected chi connectivity index (χ2v) is 7.35. The molecule has 2 aliphatic heterocycles. The number of aliphatic carboxylic acids is 2. The lowest BCUT2D eigenvalue weighted by Gasteiger charge is -2.22. The van der Waals surface area contributed by atoms with Crippen LogP contribution >= 0.6 is 0 Å². The Morgan fingerprint density at radius 3 is 2.23 bits per heavy atom. The SMILES string of the molecule is N[C@@H](CCCCN=C1NC(=NCCC[C@H](N)C(=O)O)NC12C[C@@H](O)[C@@H](O)O2)C(=O)O. The van der Waals surface area contributed by atoms with Crippen LogP contribution in [0.1, 0.15) is 38.5 Å². The van der Waals surface area contributed by atoms with Crippen LogP contribution < -0.4 is 22.1 Å². The van der Waals surface area contributed by atoms with Crippen LogP contribution in [0.5, 0.6) is 0 Å². The first kappa shape index (κ1) is 24.0. The molecule has 0 aromatic rings. The number of nitrogens with two attached hydrogens (primary N) is 2. The van der Waals surface area contributed by atoms with Crippen LogP contribution in [0.4, 0.5) is 0 Å². The van der Waals surface area contributed by atoms with Gasteiger partial charge in [-0.25, -0.2) is 0 Å². The third-order valence-electron chi connectivity index (χ3n) is 4.86. The summed E-state index contributed by atoms with van der Waals surface area (Å²) in [4.78, 5) is 30.2. The molecule has 1 unspecified atom stereocenters. The molecule has 10 N–H and O–H groups in total. The number of carboxylic acid groups (broad SMARTS) is 2. The highest BCUT2D eigenvalue weighted by atomic mass is 16.7. The molecular weight excluding hydrogens is 400 g/mol. The van der Waals surface area contributed by atoms with Gasteiger partial charge >= 0.3 is 11.9 Å². The van der Waals surface area contributed by atoms with E-state index in [-0.39, 0.29) is 12.8 Å². The van der Waals surface area contributed by atoms with E-state index in [1.807, 2.05) is 0 Å². The summed E-state index contributed by atoms with van der Waals surface area (Å²) in [5.41, 5.74) is 9.68. The predicted octanol–water partition coefficient (Wildman–Crippen LogP) is -2.50. The van der Waals surface area contributed by atoms with Crippen molar-refractivity contribution < 1.29 is 34.8 Å². The summed E-state index contributed by atoms with van der Waals surface area (Å²) in [6.07, 6.45) is -0.227. The highest BCUT2D eigenvalue weighted by Gasteiger charge is 2.53. The Bertz CT molecular complexity index is 676. The number of hydrogen-bond acceptors (Lipinski definition) is 9. The topological polar surface area (TPSA) is 225 Å². The quantitative estimate of drug-likeness (QED) is 0.160. The summed E-state index contributed by atoms with van der Waals surface area (Å²) in [5.74, 6) is -1.44. The summed E-state index contributed by atoms with van der Waals surface area (Å²) in [5, 5.41) is 43.2. The summed E-state index contributed by atoms with van der Waals surface area (Å²) in [7, 11) is 0. The van der Waals surface area contributed by atoms with E-state index in [2.05, 4.69) is 20.6 Å². The second-order valence-electron chi connectivity index (χ2n) is 7.35. The van der Waals surface area contributed by atoms with Gasteiger partial charge in [-0.1, -0.05) is 0 Å². The van der Waals surface area contributed by atoms with E-state index in [0.717, 1.165) is 0 Å². The average Bonchev–Trinajstić information content (AvgIpc) is 3.15. The van der Waals surface area contributed by atoms with Crippen LogP contribution in [0.2, 0.25) is 0 Å². The van der Waals surface area contributed by atoms with Gasteiger partial charge in [0.15, 0.2) is 18.1 Å². The summed E-state index contributed by atoms with van der Waals surface area (Å²) >= 11 is 0. The number of nitrogens with zero attached hydrogens (tertiary/aromatic N) is 2. The van der Waals surface area contributed by atoms with Gasteiger partial charge < -0.3 is 47.3 Å². The standard InChI is InChI=1S/C17H30N6O7/c18-9(12(25)26)4-1-2-6-20-15-17(8-11(24)14(29)30-17)23-16(22-15)21-7-3-5-10(19)13(27)28/h9-11,14,24,29H,1-8,18-19H2,(H,25,26)(H,27,28)(H2,20,21,22,23)/t9-,10-,11+,14-,17?/m0/s1. The van der Waals surface area contributed by atoms with Gasteiger partial charge in [0, 0.05) is 19.5 Å². The van der Waals surface area contributed by atoms with Gasteiger partial charge in [-0.15, -0.1) is 0 Å². The second kappa shape index (κ2) is 10.6. The van der Waals surface area contributed by atoms with Gasteiger partial charge in [0.05, 0.1) is 0 Å². The molecule has 0 aliphatic carbocycles. The molecule has 30 heavy (non-hydrogen) atoms. The fraction of sp³-hybridized carbons (Fsp3) is 0.765. The molecule has 2 aliphatic rings. The number of aliphatic hydroxyl groups is 2. The van der Waals surface area contributed by atoms with Gasteiger partial charge in [0.25, 0.3) is 0 Å². The van der Waals surface area contributed by atoms with Crippen LogP contribution in [0.15, 0.2) is 9.98 Å². The molecule has 0 saturated carbocycles. The molecule has 0 aromatic carbocycles. The molecule has 2 fully saturated rings. The number of aliphatic imine (C=N–C) groups is 2. The molecule has 0 radical (unpaired) electrons. The van der Waals surface area contributed by atoms with E-state index in [9.17, 15) is 19.8 Å². The highest BCUT2D eigenvalue weighted by molar-refractivity contribution is 6.11. The number of nitrogens with one attached hydrogen (secondary N) is 2. The number of aliphatic hydroxyl groups excluding tert-OH is 2. The molecule has 0 amide bonds. The van der Waals surface area contributed by atoms with Crippen molar-refractivity contribution in [1.82, 2.24) is 10.6 Å². The Balaban J connectivity index is 1.94. The number of ether oxygens (including phenoxy) is 1.